The van der Waals surface area contributed by atoms with Gasteiger partial charge in [-0.2, -0.15) is 5.10 Å². The first-order valence-electron chi connectivity index (χ1n) is 6.58. The number of nitrogens with one attached hydrogen (secondary N) is 1. The molecule has 0 unspecified atom stereocenters. The van der Waals surface area contributed by atoms with Crippen LogP contribution in [0, 0.1) is 0 Å². The van der Waals surface area contributed by atoms with Crippen LogP contribution in [0.4, 0.5) is 5.69 Å². The maximum absolute atomic E-state index is 12.1. The highest BCUT2D eigenvalue weighted by Gasteiger charge is 2.29. The van der Waals surface area contributed by atoms with Crippen molar-refractivity contribution in [3.8, 4) is 0 Å². The third-order valence-corrected chi connectivity index (χ3v) is 4.40. The van der Waals surface area contributed by atoms with E-state index in [4.69, 9.17) is 4.74 Å². The van der Waals surface area contributed by atoms with Crippen LogP contribution in [-0.4, -0.2) is 29.0 Å². The van der Waals surface area contributed by atoms with E-state index in [9.17, 15) is 4.79 Å². The molecule has 0 aliphatic heterocycles. The molecule has 1 fully saturated rings. The molecular weight excluding hydrogens is 310 g/mol. The molecule has 0 bridgehead atoms. The Balaban J connectivity index is 2.18. The van der Waals surface area contributed by atoms with E-state index in [1.165, 1.54) is 17.5 Å². The van der Waals surface area contributed by atoms with E-state index in [2.05, 4.69) is 33.3 Å². The van der Waals surface area contributed by atoms with E-state index in [-0.39, 0.29) is 11.1 Å². The minimum Gasteiger partial charge on any atom is -0.383 e. The van der Waals surface area contributed by atoms with E-state index in [1.54, 1.807) is 13.3 Å². The van der Waals surface area contributed by atoms with Gasteiger partial charge in [0, 0.05) is 12.6 Å². The number of methoxy groups -OCH3 is 1. The SMILES string of the molecule is COCCn1ncc(NC2(C)CCCC2)c(Br)c1=O. The van der Waals surface area contributed by atoms with Crippen molar-refractivity contribution in [1.82, 2.24) is 9.78 Å². The summed E-state index contributed by atoms with van der Waals surface area (Å²) in [6.07, 6.45) is 6.45. The maximum atomic E-state index is 12.1. The maximum Gasteiger partial charge on any atom is 0.283 e. The van der Waals surface area contributed by atoms with Gasteiger partial charge in [0.1, 0.15) is 4.47 Å². The van der Waals surface area contributed by atoms with Crippen LogP contribution < -0.4 is 10.9 Å². The van der Waals surface area contributed by atoms with Crippen molar-refractivity contribution in [1.29, 1.82) is 0 Å². The van der Waals surface area contributed by atoms with Crippen LogP contribution in [-0.2, 0) is 11.3 Å². The molecular formula is C13H20BrN3O2. The minimum absolute atomic E-state index is 0.0787. The Morgan fingerprint density at radius 3 is 2.84 bits per heavy atom. The Morgan fingerprint density at radius 1 is 1.53 bits per heavy atom. The summed E-state index contributed by atoms with van der Waals surface area (Å²) < 4.78 is 6.92. The van der Waals surface area contributed by atoms with E-state index >= 15 is 0 Å². The fraction of sp³-hybridized carbons (Fsp3) is 0.692. The van der Waals surface area contributed by atoms with Gasteiger partial charge in [0.25, 0.3) is 5.56 Å². The van der Waals surface area contributed by atoms with Gasteiger partial charge in [-0.1, -0.05) is 12.8 Å². The lowest BCUT2D eigenvalue weighted by molar-refractivity contribution is 0.181. The lowest BCUT2D eigenvalue weighted by Gasteiger charge is -2.27. The lowest BCUT2D eigenvalue weighted by atomic mass is 10.0. The number of hydrogen-bond acceptors (Lipinski definition) is 4. The molecule has 1 aliphatic rings. The third-order valence-electron chi connectivity index (χ3n) is 3.64. The number of hydrogen-bond donors (Lipinski definition) is 1. The van der Waals surface area contributed by atoms with Crippen LogP contribution in [0.5, 0.6) is 0 Å². The van der Waals surface area contributed by atoms with Crippen molar-refractivity contribution in [3.63, 3.8) is 0 Å². The minimum atomic E-state index is -0.122. The van der Waals surface area contributed by atoms with Crippen LogP contribution in [0.2, 0.25) is 0 Å². The molecule has 2 rings (SSSR count). The Kier molecular flexibility index (Phi) is 4.62. The highest BCUT2D eigenvalue weighted by molar-refractivity contribution is 9.10. The Morgan fingerprint density at radius 2 is 2.21 bits per heavy atom. The normalized spacial score (nSPS) is 17.6. The predicted octanol–water partition coefficient (Wildman–Crippen LogP) is 2.40. The second kappa shape index (κ2) is 6.05. The van der Waals surface area contributed by atoms with Gasteiger partial charge in [0.2, 0.25) is 0 Å². The van der Waals surface area contributed by atoms with Crippen molar-refractivity contribution >= 4 is 21.6 Å². The predicted molar refractivity (Wildman–Crippen MR) is 78.6 cm³/mol. The monoisotopic (exact) mass is 329 g/mol. The molecule has 5 nitrogen and oxygen atoms in total. The third kappa shape index (κ3) is 3.36. The van der Waals surface area contributed by atoms with Crippen molar-refractivity contribution < 1.29 is 4.74 Å². The lowest BCUT2D eigenvalue weighted by Crippen LogP contribution is -2.33. The molecule has 1 N–H and O–H groups in total. The summed E-state index contributed by atoms with van der Waals surface area (Å²) in [4.78, 5) is 12.1. The van der Waals surface area contributed by atoms with Gasteiger partial charge in [0.05, 0.1) is 25.0 Å². The summed E-state index contributed by atoms with van der Waals surface area (Å²) in [6.45, 7) is 3.14. The Labute approximate surface area is 121 Å². The second-order valence-electron chi connectivity index (χ2n) is 5.29. The molecule has 0 spiro atoms. The fourth-order valence-electron chi connectivity index (χ4n) is 2.49. The molecule has 1 aromatic heterocycles. The molecule has 0 amide bonds. The highest BCUT2D eigenvalue weighted by Crippen LogP contribution is 2.33. The summed E-state index contributed by atoms with van der Waals surface area (Å²) in [5.41, 5.74) is 0.738. The number of anilines is 1. The molecule has 0 radical (unpaired) electrons. The van der Waals surface area contributed by atoms with E-state index < -0.39 is 0 Å². The number of ether oxygens (including phenoxy) is 1. The summed E-state index contributed by atoms with van der Waals surface area (Å²) in [5.74, 6) is 0. The van der Waals surface area contributed by atoms with Crippen LogP contribution in [0.1, 0.15) is 32.6 Å². The summed E-state index contributed by atoms with van der Waals surface area (Å²) in [5, 5.41) is 7.64. The number of rotatable bonds is 5. The molecule has 19 heavy (non-hydrogen) atoms. The Hall–Kier alpha value is -0.880. The van der Waals surface area contributed by atoms with Gasteiger partial charge in [0.15, 0.2) is 0 Å². The smallest absolute Gasteiger partial charge is 0.283 e. The summed E-state index contributed by atoms with van der Waals surface area (Å²) in [6, 6.07) is 0. The zero-order valence-corrected chi connectivity index (χ0v) is 13.0. The first-order chi connectivity index (χ1) is 9.06. The first kappa shape index (κ1) is 14.5. The molecule has 1 saturated carbocycles. The molecule has 106 valence electrons. The summed E-state index contributed by atoms with van der Waals surface area (Å²) >= 11 is 3.38. The van der Waals surface area contributed by atoms with Gasteiger partial charge in [-0.3, -0.25) is 4.79 Å². The van der Waals surface area contributed by atoms with Crippen LogP contribution >= 0.6 is 15.9 Å². The summed E-state index contributed by atoms with van der Waals surface area (Å²) in [7, 11) is 1.61. The van der Waals surface area contributed by atoms with Gasteiger partial charge >= 0.3 is 0 Å². The average molecular weight is 330 g/mol. The van der Waals surface area contributed by atoms with Gasteiger partial charge in [-0.05, 0) is 35.7 Å². The molecule has 0 aromatic carbocycles. The van der Waals surface area contributed by atoms with Crippen molar-refractivity contribution in [2.45, 2.75) is 44.7 Å². The Bertz CT molecular complexity index is 495. The van der Waals surface area contributed by atoms with Crippen LogP contribution in [0.15, 0.2) is 15.5 Å². The van der Waals surface area contributed by atoms with Crippen molar-refractivity contribution in [2.24, 2.45) is 0 Å². The molecule has 0 saturated heterocycles. The zero-order chi connectivity index (χ0) is 13.9. The molecule has 6 heteroatoms. The van der Waals surface area contributed by atoms with Crippen molar-refractivity contribution in [3.05, 3.63) is 21.0 Å². The first-order valence-corrected chi connectivity index (χ1v) is 7.38. The topological polar surface area (TPSA) is 56.1 Å². The highest BCUT2D eigenvalue weighted by atomic mass is 79.9. The standard InChI is InChI=1S/C13H20BrN3O2/c1-13(5-3-4-6-13)16-10-9-15-17(7-8-19-2)12(18)11(10)14/h9,16H,3-8H2,1-2H3. The van der Waals surface area contributed by atoms with Gasteiger partial charge < -0.3 is 10.1 Å². The van der Waals surface area contributed by atoms with Crippen LogP contribution in [0.3, 0.4) is 0 Å². The zero-order valence-electron chi connectivity index (χ0n) is 11.4. The van der Waals surface area contributed by atoms with E-state index in [1.807, 2.05) is 0 Å². The molecule has 1 aliphatic carbocycles. The number of nitrogens with zero attached hydrogens (tertiary/aromatic N) is 2. The average Bonchev–Trinajstić information content (AvgIpc) is 2.81. The fourth-order valence-corrected chi connectivity index (χ4v) is 2.90. The number of halogens is 1. The van der Waals surface area contributed by atoms with E-state index in [0.717, 1.165) is 18.5 Å². The van der Waals surface area contributed by atoms with Gasteiger partial charge in [-0.25, -0.2) is 4.68 Å². The molecule has 1 heterocycles. The second-order valence-corrected chi connectivity index (χ2v) is 6.08. The molecule has 0 atom stereocenters. The van der Waals surface area contributed by atoms with Crippen molar-refractivity contribution in [2.75, 3.05) is 19.0 Å². The van der Waals surface area contributed by atoms with Crippen LogP contribution in [0.25, 0.3) is 0 Å². The quantitative estimate of drug-likeness (QED) is 0.901. The molecule has 1 aromatic rings. The largest absolute Gasteiger partial charge is 0.383 e. The van der Waals surface area contributed by atoms with Gasteiger partial charge in [-0.15, -0.1) is 0 Å². The van der Waals surface area contributed by atoms with E-state index in [0.29, 0.717) is 17.6 Å². The number of aromatic nitrogens is 2.